The molecule has 2 aromatic heterocycles. The van der Waals surface area contributed by atoms with Crippen molar-refractivity contribution in [2.75, 3.05) is 11.9 Å². The molecule has 0 aliphatic rings. The molecular formula is C15H15N3O2S. The summed E-state index contributed by atoms with van der Waals surface area (Å²) in [4.78, 5) is 17.3. The predicted octanol–water partition coefficient (Wildman–Crippen LogP) is 3.36. The Bertz CT molecular complexity index is 774. The van der Waals surface area contributed by atoms with E-state index in [1.165, 1.54) is 11.3 Å². The molecule has 0 radical (unpaired) electrons. The van der Waals surface area contributed by atoms with E-state index < -0.39 is 0 Å². The van der Waals surface area contributed by atoms with E-state index in [-0.39, 0.29) is 5.91 Å². The first-order valence-electron chi connectivity index (χ1n) is 6.65. The topological polar surface area (TPSA) is 55.6 Å². The fourth-order valence-electron chi connectivity index (χ4n) is 2.00. The van der Waals surface area contributed by atoms with Gasteiger partial charge in [-0.25, -0.2) is 4.98 Å². The monoisotopic (exact) mass is 301 g/mol. The molecule has 1 amide bonds. The zero-order chi connectivity index (χ0) is 14.8. The number of thiazole rings is 1. The van der Waals surface area contributed by atoms with Crippen LogP contribution in [-0.4, -0.2) is 21.9 Å². The van der Waals surface area contributed by atoms with Gasteiger partial charge in [-0.05, 0) is 38.1 Å². The van der Waals surface area contributed by atoms with Crippen LogP contribution >= 0.6 is 11.3 Å². The first kappa shape index (κ1) is 13.6. The summed E-state index contributed by atoms with van der Waals surface area (Å²) in [6.45, 7) is 4.54. The first-order valence-corrected chi connectivity index (χ1v) is 7.52. The molecule has 1 N–H and O–H groups in total. The number of aryl methyl sites for hydroxylation is 1. The lowest BCUT2D eigenvalue weighted by molar-refractivity contribution is 0.102. The second-order valence-electron chi connectivity index (χ2n) is 4.57. The molecule has 0 spiro atoms. The Hall–Kier alpha value is -2.34. The number of fused-ring (bicyclic) bond motifs is 1. The lowest BCUT2D eigenvalue weighted by atomic mass is 10.3. The van der Waals surface area contributed by atoms with Gasteiger partial charge in [0.05, 0.1) is 6.61 Å². The van der Waals surface area contributed by atoms with Crippen molar-refractivity contribution in [3.05, 3.63) is 47.2 Å². The number of hydrogen-bond acceptors (Lipinski definition) is 4. The molecule has 0 saturated carbocycles. The third kappa shape index (κ3) is 2.75. The van der Waals surface area contributed by atoms with E-state index in [0.717, 1.165) is 22.1 Å². The summed E-state index contributed by atoms with van der Waals surface area (Å²) in [6, 6.07) is 7.28. The molecule has 5 nitrogen and oxygen atoms in total. The first-order chi connectivity index (χ1) is 10.2. The lowest BCUT2D eigenvalue weighted by Crippen LogP contribution is -2.12. The maximum Gasteiger partial charge on any atom is 0.275 e. The van der Waals surface area contributed by atoms with Crippen LogP contribution in [0.4, 0.5) is 5.69 Å². The number of anilines is 1. The number of ether oxygens (including phenoxy) is 1. The summed E-state index contributed by atoms with van der Waals surface area (Å²) < 4.78 is 7.28. The molecule has 0 saturated heterocycles. The van der Waals surface area contributed by atoms with E-state index in [0.29, 0.717) is 12.3 Å². The van der Waals surface area contributed by atoms with Crippen LogP contribution in [0.3, 0.4) is 0 Å². The Balaban J connectivity index is 1.75. The van der Waals surface area contributed by atoms with Crippen LogP contribution in [0.25, 0.3) is 4.96 Å². The van der Waals surface area contributed by atoms with Crippen molar-refractivity contribution < 1.29 is 9.53 Å². The number of hydrogen-bond donors (Lipinski definition) is 1. The van der Waals surface area contributed by atoms with Crippen LogP contribution in [0.2, 0.25) is 0 Å². The van der Waals surface area contributed by atoms with E-state index in [2.05, 4.69) is 10.3 Å². The van der Waals surface area contributed by atoms with Gasteiger partial charge in [-0.1, -0.05) is 0 Å². The van der Waals surface area contributed by atoms with Gasteiger partial charge in [0.2, 0.25) is 0 Å². The quantitative estimate of drug-likeness (QED) is 0.804. The highest BCUT2D eigenvalue weighted by molar-refractivity contribution is 7.15. The van der Waals surface area contributed by atoms with Gasteiger partial charge in [0, 0.05) is 23.0 Å². The van der Waals surface area contributed by atoms with Gasteiger partial charge >= 0.3 is 0 Å². The van der Waals surface area contributed by atoms with Crippen molar-refractivity contribution in [2.24, 2.45) is 0 Å². The maximum atomic E-state index is 12.2. The fourth-order valence-corrected chi connectivity index (χ4v) is 2.85. The molecule has 1 aromatic carbocycles. The van der Waals surface area contributed by atoms with E-state index in [1.54, 1.807) is 6.20 Å². The maximum absolute atomic E-state index is 12.2. The molecule has 0 unspecified atom stereocenters. The Kier molecular flexibility index (Phi) is 3.62. The van der Waals surface area contributed by atoms with Crippen molar-refractivity contribution >= 4 is 27.9 Å². The highest BCUT2D eigenvalue weighted by atomic mass is 32.1. The largest absolute Gasteiger partial charge is 0.494 e. The van der Waals surface area contributed by atoms with Crippen LogP contribution in [0.15, 0.2) is 35.8 Å². The fraction of sp³-hybridized carbons (Fsp3) is 0.200. The summed E-state index contributed by atoms with van der Waals surface area (Å²) in [5.41, 5.74) is 2.21. The molecule has 0 aliphatic carbocycles. The van der Waals surface area contributed by atoms with E-state index in [4.69, 9.17) is 4.74 Å². The van der Waals surface area contributed by atoms with Crippen LogP contribution in [0.5, 0.6) is 5.75 Å². The van der Waals surface area contributed by atoms with Crippen molar-refractivity contribution in [3.8, 4) is 5.75 Å². The standard InChI is InChI=1S/C15H15N3O2S/c1-3-20-12-6-4-11(5-7-12)16-14(19)13-8-18-10(2)9-21-15(18)17-13/h4-9H,3H2,1-2H3,(H,16,19). The Morgan fingerprint density at radius 3 is 2.81 bits per heavy atom. The summed E-state index contributed by atoms with van der Waals surface area (Å²) in [5.74, 6) is 0.572. The third-order valence-corrected chi connectivity index (χ3v) is 4.00. The van der Waals surface area contributed by atoms with Crippen LogP contribution < -0.4 is 10.1 Å². The molecule has 0 fully saturated rings. The molecule has 0 bridgehead atoms. The Morgan fingerprint density at radius 1 is 1.38 bits per heavy atom. The Labute approximate surface area is 126 Å². The van der Waals surface area contributed by atoms with Crippen LogP contribution in [0.1, 0.15) is 23.1 Å². The molecule has 6 heteroatoms. The van der Waals surface area contributed by atoms with E-state index >= 15 is 0 Å². The van der Waals surface area contributed by atoms with E-state index in [1.807, 2.05) is 47.9 Å². The van der Waals surface area contributed by atoms with Gasteiger partial charge in [0.25, 0.3) is 5.91 Å². The lowest BCUT2D eigenvalue weighted by Gasteiger charge is -2.05. The number of nitrogens with zero attached hydrogens (tertiary/aromatic N) is 2. The number of nitrogens with one attached hydrogen (secondary N) is 1. The van der Waals surface area contributed by atoms with Crippen LogP contribution in [-0.2, 0) is 0 Å². The van der Waals surface area contributed by atoms with Gasteiger partial charge < -0.3 is 10.1 Å². The van der Waals surface area contributed by atoms with Gasteiger partial charge in [-0.15, -0.1) is 11.3 Å². The summed E-state index contributed by atoms with van der Waals surface area (Å²) >= 11 is 1.52. The molecular weight excluding hydrogens is 286 g/mol. The average molecular weight is 301 g/mol. The minimum absolute atomic E-state index is 0.213. The zero-order valence-corrected chi connectivity index (χ0v) is 12.6. The number of imidazole rings is 1. The van der Waals surface area contributed by atoms with Crippen molar-refractivity contribution in [1.82, 2.24) is 9.38 Å². The minimum atomic E-state index is -0.213. The second-order valence-corrected chi connectivity index (χ2v) is 5.40. The zero-order valence-electron chi connectivity index (χ0n) is 11.8. The van der Waals surface area contributed by atoms with Crippen molar-refractivity contribution in [3.63, 3.8) is 0 Å². The van der Waals surface area contributed by atoms with Gasteiger partial charge in [-0.2, -0.15) is 0 Å². The number of aromatic nitrogens is 2. The number of carbonyl (C=O) groups excluding carboxylic acids is 1. The normalized spacial score (nSPS) is 10.8. The van der Waals surface area contributed by atoms with Gasteiger partial charge in [0.15, 0.2) is 4.96 Å². The van der Waals surface area contributed by atoms with Crippen LogP contribution in [0, 0.1) is 6.92 Å². The third-order valence-electron chi connectivity index (χ3n) is 3.04. The molecule has 0 aliphatic heterocycles. The number of carbonyl (C=O) groups is 1. The molecule has 3 aromatic rings. The number of amides is 1. The van der Waals surface area contributed by atoms with E-state index in [9.17, 15) is 4.79 Å². The molecule has 0 atom stereocenters. The van der Waals surface area contributed by atoms with Gasteiger partial charge in [0.1, 0.15) is 11.4 Å². The van der Waals surface area contributed by atoms with Crippen molar-refractivity contribution in [1.29, 1.82) is 0 Å². The summed E-state index contributed by atoms with van der Waals surface area (Å²) in [5, 5.41) is 4.84. The summed E-state index contributed by atoms with van der Waals surface area (Å²) in [7, 11) is 0. The second kappa shape index (κ2) is 5.57. The molecule has 3 rings (SSSR count). The minimum Gasteiger partial charge on any atom is -0.494 e. The van der Waals surface area contributed by atoms with Gasteiger partial charge in [-0.3, -0.25) is 9.20 Å². The summed E-state index contributed by atoms with van der Waals surface area (Å²) in [6.07, 6.45) is 1.76. The molecule has 2 heterocycles. The molecule has 108 valence electrons. The Morgan fingerprint density at radius 2 is 2.14 bits per heavy atom. The average Bonchev–Trinajstić information content (AvgIpc) is 3.04. The highest BCUT2D eigenvalue weighted by Gasteiger charge is 2.12. The number of benzene rings is 1. The molecule has 21 heavy (non-hydrogen) atoms. The number of rotatable bonds is 4. The smallest absolute Gasteiger partial charge is 0.275 e. The highest BCUT2D eigenvalue weighted by Crippen LogP contribution is 2.18. The SMILES string of the molecule is CCOc1ccc(NC(=O)c2cn3c(C)csc3n2)cc1. The van der Waals surface area contributed by atoms with Crippen molar-refractivity contribution in [2.45, 2.75) is 13.8 Å². The predicted molar refractivity (Wildman–Crippen MR) is 83.4 cm³/mol.